The Hall–Kier alpha value is 1.59. The summed E-state index contributed by atoms with van der Waals surface area (Å²) in [5, 5.41) is 0. The SMILES string of the molecule is O=C(C1C(Br)C1Br)C1C(Br)C1Br. The smallest absolute Gasteiger partial charge is 0.143 e. The first-order valence-electron chi connectivity index (χ1n) is 3.65. The molecule has 0 amide bonds. The fourth-order valence-corrected chi connectivity index (χ4v) is 5.12. The monoisotopic (exact) mass is 422 g/mol. The highest BCUT2D eigenvalue weighted by Gasteiger charge is 2.61. The van der Waals surface area contributed by atoms with Crippen LogP contribution in [0, 0.1) is 11.8 Å². The lowest BCUT2D eigenvalue weighted by Crippen LogP contribution is -2.08. The first-order chi connectivity index (χ1) is 5.55. The summed E-state index contributed by atoms with van der Waals surface area (Å²) in [5.41, 5.74) is 0. The normalized spacial score (nSPS) is 56.7. The Kier molecular flexibility index (Phi) is 2.79. The molecule has 5 heteroatoms. The van der Waals surface area contributed by atoms with E-state index in [1.54, 1.807) is 0 Å². The number of carbonyl (C=O) groups is 1. The molecule has 0 spiro atoms. The van der Waals surface area contributed by atoms with Crippen LogP contribution >= 0.6 is 63.7 Å². The van der Waals surface area contributed by atoms with Crippen LogP contribution in [0.2, 0.25) is 0 Å². The summed E-state index contributed by atoms with van der Waals surface area (Å²) in [6.07, 6.45) is 0. The Bertz CT molecular complexity index is 193. The molecule has 2 aliphatic carbocycles. The van der Waals surface area contributed by atoms with E-state index in [4.69, 9.17) is 0 Å². The minimum absolute atomic E-state index is 0.192. The third-order valence-electron chi connectivity index (χ3n) is 2.36. The summed E-state index contributed by atoms with van der Waals surface area (Å²) >= 11 is 13.8. The first kappa shape index (κ1) is 10.1. The second-order valence-corrected chi connectivity index (χ2v) is 7.46. The van der Waals surface area contributed by atoms with Crippen molar-refractivity contribution in [3.8, 4) is 0 Å². The molecule has 0 N–H and O–H groups in total. The Balaban J connectivity index is 1.95. The van der Waals surface area contributed by atoms with Crippen LogP contribution in [-0.4, -0.2) is 25.1 Å². The summed E-state index contributed by atoms with van der Waals surface area (Å²) < 4.78 is 0. The van der Waals surface area contributed by atoms with Crippen molar-refractivity contribution in [2.24, 2.45) is 11.8 Å². The zero-order valence-corrected chi connectivity index (χ0v) is 12.2. The van der Waals surface area contributed by atoms with E-state index in [1.807, 2.05) is 0 Å². The van der Waals surface area contributed by atoms with Gasteiger partial charge in [-0.05, 0) is 0 Å². The number of hydrogen-bond donors (Lipinski definition) is 0. The van der Waals surface area contributed by atoms with Crippen molar-refractivity contribution in [1.82, 2.24) is 0 Å². The second-order valence-electron chi connectivity index (χ2n) is 3.23. The Morgan fingerprint density at radius 3 is 1.17 bits per heavy atom. The van der Waals surface area contributed by atoms with Gasteiger partial charge in [0.15, 0.2) is 0 Å². The van der Waals surface area contributed by atoms with E-state index in [1.165, 1.54) is 0 Å². The minimum atomic E-state index is 0.192. The molecule has 0 aromatic heterocycles. The predicted octanol–water partition coefficient (Wildman–Crippen LogP) is 2.87. The Morgan fingerprint density at radius 1 is 0.750 bits per heavy atom. The van der Waals surface area contributed by atoms with Crippen molar-refractivity contribution in [1.29, 1.82) is 0 Å². The lowest BCUT2D eigenvalue weighted by atomic mass is 10.2. The molecule has 4 atom stereocenters. The van der Waals surface area contributed by atoms with E-state index >= 15 is 0 Å². The van der Waals surface area contributed by atoms with Gasteiger partial charge in [0.1, 0.15) is 5.78 Å². The number of ketones is 1. The highest BCUT2D eigenvalue weighted by Crippen LogP contribution is 2.53. The van der Waals surface area contributed by atoms with Gasteiger partial charge in [-0.3, -0.25) is 4.79 Å². The lowest BCUT2D eigenvalue weighted by Gasteiger charge is -1.92. The number of halogens is 4. The van der Waals surface area contributed by atoms with Gasteiger partial charge in [-0.25, -0.2) is 0 Å². The van der Waals surface area contributed by atoms with Crippen LogP contribution in [0.3, 0.4) is 0 Å². The van der Waals surface area contributed by atoms with Crippen LogP contribution < -0.4 is 0 Å². The van der Waals surface area contributed by atoms with Crippen LogP contribution in [0.15, 0.2) is 0 Å². The van der Waals surface area contributed by atoms with Crippen LogP contribution in [0.5, 0.6) is 0 Å². The van der Waals surface area contributed by atoms with Crippen LogP contribution in [0.1, 0.15) is 0 Å². The molecule has 0 aromatic carbocycles. The van der Waals surface area contributed by atoms with Crippen molar-refractivity contribution in [2.75, 3.05) is 0 Å². The van der Waals surface area contributed by atoms with Crippen LogP contribution in [-0.2, 0) is 4.79 Å². The quantitative estimate of drug-likeness (QED) is 0.622. The molecule has 12 heavy (non-hydrogen) atoms. The highest BCUT2D eigenvalue weighted by molar-refractivity contribution is 9.13. The maximum atomic E-state index is 11.7. The molecule has 2 aliphatic rings. The van der Waals surface area contributed by atoms with Crippen molar-refractivity contribution >= 4 is 69.5 Å². The maximum Gasteiger partial charge on any atom is 0.143 e. The fraction of sp³-hybridized carbons (Fsp3) is 0.857. The average molecular weight is 426 g/mol. The van der Waals surface area contributed by atoms with Gasteiger partial charge in [0.25, 0.3) is 0 Å². The van der Waals surface area contributed by atoms with E-state index in [9.17, 15) is 4.79 Å². The number of alkyl halides is 4. The lowest BCUT2D eigenvalue weighted by molar-refractivity contribution is -0.121. The average Bonchev–Trinajstić information content (AvgIpc) is 2.78. The summed E-state index contributed by atoms with van der Waals surface area (Å²) in [6, 6.07) is 0. The standard InChI is InChI=1S/C7H6Br4O/c8-3-1(4(3)9)7(12)2-5(10)6(2)11/h1-6H. The van der Waals surface area contributed by atoms with Gasteiger partial charge in [0.2, 0.25) is 0 Å². The van der Waals surface area contributed by atoms with Crippen molar-refractivity contribution < 1.29 is 4.79 Å². The van der Waals surface area contributed by atoms with Crippen LogP contribution in [0.4, 0.5) is 0 Å². The second kappa shape index (κ2) is 3.31. The third kappa shape index (κ3) is 1.48. The van der Waals surface area contributed by atoms with Gasteiger partial charge in [0.05, 0.1) is 0 Å². The van der Waals surface area contributed by atoms with Gasteiger partial charge < -0.3 is 0 Å². The molecule has 0 aliphatic heterocycles. The molecule has 0 radical (unpaired) electrons. The number of hydrogen-bond acceptors (Lipinski definition) is 1. The van der Waals surface area contributed by atoms with E-state index in [-0.39, 0.29) is 11.8 Å². The minimum Gasteiger partial charge on any atom is -0.299 e. The third-order valence-corrected chi connectivity index (χ3v) is 8.33. The molecule has 0 bridgehead atoms. The summed E-state index contributed by atoms with van der Waals surface area (Å²) in [7, 11) is 0. The zero-order valence-electron chi connectivity index (χ0n) is 5.88. The van der Waals surface area contributed by atoms with E-state index < -0.39 is 0 Å². The topological polar surface area (TPSA) is 17.1 Å². The summed E-state index contributed by atoms with van der Waals surface area (Å²) in [4.78, 5) is 13.1. The maximum absolute atomic E-state index is 11.7. The highest BCUT2D eigenvalue weighted by atomic mass is 79.9. The van der Waals surface area contributed by atoms with E-state index in [2.05, 4.69) is 63.7 Å². The molecule has 0 saturated heterocycles. The summed E-state index contributed by atoms with van der Waals surface area (Å²) in [5.74, 6) is 0.762. The Labute approximate surface area is 105 Å². The molecule has 0 aromatic rings. The molecule has 2 saturated carbocycles. The van der Waals surface area contributed by atoms with Gasteiger partial charge in [-0.2, -0.15) is 0 Å². The Morgan fingerprint density at radius 2 is 1.00 bits per heavy atom. The predicted molar refractivity (Wildman–Crippen MR) is 62.8 cm³/mol. The number of carbonyl (C=O) groups excluding carboxylic acids is 1. The van der Waals surface area contributed by atoms with Gasteiger partial charge >= 0.3 is 0 Å². The molecule has 0 heterocycles. The molecular weight excluding hydrogens is 420 g/mol. The number of Topliss-reactive ketones (excluding diaryl/α,β-unsaturated/α-hetero) is 1. The van der Waals surface area contributed by atoms with Gasteiger partial charge in [0, 0.05) is 31.1 Å². The fourth-order valence-electron chi connectivity index (χ4n) is 1.33. The van der Waals surface area contributed by atoms with Gasteiger partial charge in [-0.15, -0.1) is 0 Å². The van der Waals surface area contributed by atoms with E-state index in [0.717, 1.165) is 0 Å². The molecule has 4 unspecified atom stereocenters. The largest absolute Gasteiger partial charge is 0.299 e. The van der Waals surface area contributed by atoms with E-state index in [0.29, 0.717) is 25.1 Å². The van der Waals surface area contributed by atoms with Gasteiger partial charge in [-0.1, -0.05) is 63.7 Å². The van der Waals surface area contributed by atoms with Crippen LogP contribution in [0.25, 0.3) is 0 Å². The first-order valence-corrected chi connectivity index (χ1v) is 7.32. The molecule has 1 nitrogen and oxygen atoms in total. The molecular formula is C7H6Br4O. The summed E-state index contributed by atoms with van der Waals surface area (Å²) in [6.45, 7) is 0. The number of rotatable bonds is 2. The molecule has 2 rings (SSSR count). The van der Waals surface area contributed by atoms with Crippen molar-refractivity contribution in [3.63, 3.8) is 0 Å². The molecule has 68 valence electrons. The van der Waals surface area contributed by atoms with Crippen molar-refractivity contribution in [2.45, 2.75) is 19.3 Å². The van der Waals surface area contributed by atoms with Crippen molar-refractivity contribution in [3.05, 3.63) is 0 Å². The molecule has 2 fully saturated rings. The zero-order chi connectivity index (χ0) is 9.04.